The summed E-state index contributed by atoms with van der Waals surface area (Å²) in [4.78, 5) is 30.4. The molecular weight excluding hydrogens is 360 g/mol. The second-order valence-corrected chi connectivity index (χ2v) is 7.65. The Labute approximate surface area is 161 Å². The molecule has 146 valence electrons. The molecule has 0 aromatic carbocycles. The molecule has 0 bridgehead atoms. The van der Waals surface area contributed by atoms with Gasteiger partial charge in [-0.3, -0.25) is 14.9 Å². The summed E-state index contributed by atoms with van der Waals surface area (Å²) >= 11 is 0. The number of hydrogen-bond donors (Lipinski definition) is 3. The van der Waals surface area contributed by atoms with Gasteiger partial charge in [0.1, 0.15) is 11.6 Å². The number of anilines is 2. The monoisotopic (exact) mass is 382 g/mol. The Morgan fingerprint density at radius 1 is 1.32 bits per heavy atom. The molecule has 0 radical (unpaired) electrons. The Morgan fingerprint density at radius 2 is 2.18 bits per heavy atom. The number of carbonyl (C=O) groups excluding carboxylic acids is 2. The molecule has 4 heterocycles. The first-order valence-electron chi connectivity index (χ1n) is 9.70. The normalized spacial score (nSPS) is 23.8. The lowest BCUT2D eigenvalue weighted by Crippen LogP contribution is -2.33. The minimum Gasteiger partial charge on any atom is -0.394 e. The molecule has 1 atom stereocenters. The van der Waals surface area contributed by atoms with E-state index < -0.39 is 0 Å². The summed E-state index contributed by atoms with van der Waals surface area (Å²) in [7, 11) is 0. The van der Waals surface area contributed by atoms with Crippen LogP contribution in [-0.4, -0.2) is 56.8 Å². The average Bonchev–Trinajstić information content (AvgIpc) is 3.08. The van der Waals surface area contributed by atoms with Gasteiger partial charge in [-0.2, -0.15) is 9.61 Å². The van der Waals surface area contributed by atoms with Crippen LogP contribution in [0.3, 0.4) is 0 Å². The first-order chi connectivity index (χ1) is 13.6. The largest absolute Gasteiger partial charge is 0.394 e. The van der Waals surface area contributed by atoms with Crippen molar-refractivity contribution in [3.05, 3.63) is 23.4 Å². The molecule has 2 aromatic heterocycles. The van der Waals surface area contributed by atoms with Gasteiger partial charge >= 0.3 is 0 Å². The number of rotatable bonds is 5. The Bertz CT molecular complexity index is 993. The highest BCUT2D eigenvalue weighted by Crippen LogP contribution is 2.31. The number of carbonyl (C=O) groups is 2. The topological polar surface area (TPSA) is 112 Å². The van der Waals surface area contributed by atoms with E-state index in [1.54, 1.807) is 16.8 Å². The minimum atomic E-state index is -0.364. The van der Waals surface area contributed by atoms with Gasteiger partial charge in [0.15, 0.2) is 5.65 Å². The Morgan fingerprint density at radius 3 is 2.89 bits per heavy atom. The van der Waals surface area contributed by atoms with E-state index in [2.05, 4.69) is 20.6 Å². The fourth-order valence-corrected chi connectivity index (χ4v) is 3.89. The second kappa shape index (κ2) is 6.59. The number of aromatic nitrogens is 3. The van der Waals surface area contributed by atoms with Crippen molar-refractivity contribution in [1.82, 2.24) is 19.9 Å². The SMILES string of the molecule is O=C1C/C(=C\c2cnn3c(NC4CC4)cc(N4CCC[C@@H]4CO)nc23)C(=O)N1. The molecule has 9 nitrogen and oxygen atoms in total. The van der Waals surface area contributed by atoms with Crippen LogP contribution in [-0.2, 0) is 9.59 Å². The van der Waals surface area contributed by atoms with Crippen molar-refractivity contribution in [2.24, 2.45) is 0 Å². The third-order valence-corrected chi connectivity index (χ3v) is 5.52. The van der Waals surface area contributed by atoms with Crippen LogP contribution < -0.4 is 15.5 Å². The number of hydrogen-bond acceptors (Lipinski definition) is 7. The summed E-state index contributed by atoms with van der Waals surface area (Å²) in [6.07, 6.45) is 7.64. The van der Waals surface area contributed by atoms with Crippen LogP contribution in [0.15, 0.2) is 17.8 Å². The Balaban J connectivity index is 1.60. The zero-order valence-corrected chi connectivity index (χ0v) is 15.4. The lowest BCUT2D eigenvalue weighted by atomic mass is 10.1. The maximum atomic E-state index is 11.9. The van der Waals surface area contributed by atoms with Gasteiger partial charge < -0.3 is 15.3 Å². The summed E-state index contributed by atoms with van der Waals surface area (Å²) in [6.45, 7) is 0.940. The van der Waals surface area contributed by atoms with Gasteiger partial charge in [-0.1, -0.05) is 0 Å². The summed E-state index contributed by atoms with van der Waals surface area (Å²) in [5.74, 6) is 0.985. The molecule has 0 unspecified atom stereocenters. The predicted molar refractivity (Wildman–Crippen MR) is 103 cm³/mol. The number of nitrogens with one attached hydrogen (secondary N) is 2. The molecule has 28 heavy (non-hydrogen) atoms. The second-order valence-electron chi connectivity index (χ2n) is 7.65. The molecule has 2 aromatic rings. The molecule has 2 amide bonds. The van der Waals surface area contributed by atoms with E-state index in [0.29, 0.717) is 22.8 Å². The van der Waals surface area contributed by atoms with E-state index in [9.17, 15) is 14.7 Å². The van der Waals surface area contributed by atoms with Gasteiger partial charge in [0, 0.05) is 29.8 Å². The van der Waals surface area contributed by atoms with E-state index in [1.165, 1.54) is 0 Å². The summed E-state index contributed by atoms with van der Waals surface area (Å²) in [5, 5.41) is 20.0. The maximum Gasteiger partial charge on any atom is 0.254 e. The zero-order chi connectivity index (χ0) is 19.3. The minimum absolute atomic E-state index is 0.0617. The molecule has 1 saturated carbocycles. The Kier molecular flexibility index (Phi) is 4.04. The quantitative estimate of drug-likeness (QED) is 0.515. The van der Waals surface area contributed by atoms with Crippen LogP contribution >= 0.6 is 0 Å². The summed E-state index contributed by atoms with van der Waals surface area (Å²) < 4.78 is 1.74. The van der Waals surface area contributed by atoms with Crippen molar-refractivity contribution in [2.45, 2.75) is 44.2 Å². The molecule has 0 spiro atoms. The first kappa shape index (κ1) is 17.2. The molecule has 9 heteroatoms. The molecule has 5 rings (SSSR count). The smallest absolute Gasteiger partial charge is 0.254 e. The van der Waals surface area contributed by atoms with Crippen LogP contribution in [0.1, 0.15) is 37.7 Å². The molecule has 1 aliphatic carbocycles. The molecule has 2 saturated heterocycles. The van der Waals surface area contributed by atoms with E-state index in [4.69, 9.17) is 4.98 Å². The number of aliphatic hydroxyl groups is 1. The van der Waals surface area contributed by atoms with Gasteiger partial charge in [0.25, 0.3) is 5.91 Å². The standard InChI is InChI=1S/C19H22N6O3/c26-10-14-2-1-5-24(14)15-8-16(21-13-3-4-13)25-18(22-15)12(9-20-25)6-11-7-17(27)23-19(11)28/h6,8-9,13-14,21,26H,1-5,7,10H2,(H,23,27,28)/b11-6+/t14-/m1/s1. The van der Waals surface area contributed by atoms with Crippen molar-refractivity contribution in [3.63, 3.8) is 0 Å². The van der Waals surface area contributed by atoms with E-state index in [1.807, 2.05) is 6.07 Å². The highest BCUT2D eigenvalue weighted by molar-refractivity contribution is 6.15. The van der Waals surface area contributed by atoms with Crippen LogP contribution in [0.25, 0.3) is 11.7 Å². The van der Waals surface area contributed by atoms with E-state index in [0.717, 1.165) is 43.9 Å². The highest BCUT2D eigenvalue weighted by Gasteiger charge is 2.29. The molecule has 3 aliphatic rings. The van der Waals surface area contributed by atoms with Crippen molar-refractivity contribution in [1.29, 1.82) is 0 Å². The third-order valence-electron chi connectivity index (χ3n) is 5.52. The van der Waals surface area contributed by atoms with Crippen LogP contribution in [0.5, 0.6) is 0 Å². The fourth-order valence-electron chi connectivity index (χ4n) is 3.89. The van der Waals surface area contributed by atoms with E-state index >= 15 is 0 Å². The molecule has 3 fully saturated rings. The van der Waals surface area contributed by atoms with Gasteiger partial charge in [0.2, 0.25) is 5.91 Å². The molecule has 3 N–H and O–H groups in total. The van der Waals surface area contributed by atoms with Crippen molar-refractivity contribution < 1.29 is 14.7 Å². The average molecular weight is 382 g/mol. The van der Waals surface area contributed by atoms with Crippen molar-refractivity contribution in [3.8, 4) is 0 Å². The van der Waals surface area contributed by atoms with Crippen LogP contribution in [0.2, 0.25) is 0 Å². The van der Waals surface area contributed by atoms with Crippen LogP contribution in [0.4, 0.5) is 11.6 Å². The lowest BCUT2D eigenvalue weighted by molar-refractivity contribution is -0.124. The van der Waals surface area contributed by atoms with Gasteiger partial charge in [-0.05, 0) is 31.8 Å². The van der Waals surface area contributed by atoms with Crippen LogP contribution in [0, 0.1) is 0 Å². The van der Waals surface area contributed by atoms with Crippen molar-refractivity contribution >= 4 is 35.2 Å². The molecule has 2 aliphatic heterocycles. The van der Waals surface area contributed by atoms with Gasteiger partial charge in [-0.15, -0.1) is 0 Å². The van der Waals surface area contributed by atoms with E-state index in [-0.39, 0.29) is 30.9 Å². The zero-order valence-electron chi connectivity index (χ0n) is 15.4. The maximum absolute atomic E-state index is 11.9. The summed E-state index contributed by atoms with van der Waals surface area (Å²) in [5.41, 5.74) is 1.74. The highest BCUT2D eigenvalue weighted by atomic mass is 16.3. The fraction of sp³-hybridized carbons (Fsp3) is 0.474. The molecular formula is C19H22N6O3. The first-order valence-corrected chi connectivity index (χ1v) is 9.70. The number of fused-ring (bicyclic) bond motifs is 1. The van der Waals surface area contributed by atoms with Crippen molar-refractivity contribution in [2.75, 3.05) is 23.4 Å². The summed E-state index contributed by atoms with van der Waals surface area (Å²) in [6, 6.07) is 2.48. The number of amides is 2. The van der Waals surface area contributed by atoms with Gasteiger partial charge in [0.05, 0.1) is 25.3 Å². The third kappa shape index (κ3) is 3.01. The lowest BCUT2D eigenvalue weighted by Gasteiger charge is -2.25. The Hall–Kier alpha value is -2.94. The predicted octanol–water partition coefficient (Wildman–Crippen LogP) is 0.695. The number of aliphatic hydroxyl groups excluding tert-OH is 1. The van der Waals surface area contributed by atoms with Gasteiger partial charge in [-0.25, -0.2) is 4.98 Å². The number of nitrogens with zero attached hydrogens (tertiary/aromatic N) is 4. The number of imide groups is 1.